The van der Waals surface area contributed by atoms with E-state index >= 15 is 0 Å². The molecule has 3 rings (SSSR count). The molecule has 1 N–H and O–H groups in total. The highest BCUT2D eigenvalue weighted by Gasteiger charge is 2.38. The van der Waals surface area contributed by atoms with Crippen LogP contribution in [0.1, 0.15) is 38.7 Å². The maximum atomic E-state index is 4.50. The lowest BCUT2D eigenvalue weighted by Crippen LogP contribution is -2.54. The number of aromatic nitrogens is 1. The van der Waals surface area contributed by atoms with E-state index < -0.39 is 0 Å². The molecule has 0 amide bonds. The van der Waals surface area contributed by atoms with Gasteiger partial charge in [0.25, 0.3) is 0 Å². The van der Waals surface area contributed by atoms with E-state index in [1.54, 1.807) is 11.3 Å². The average Bonchev–Trinajstić information content (AvgIpc) is 2.74. The minimum Gasteiger partial charge on any atom is -0.307 e. The Labute approximate surface area is 112 Å². The molecule has 1 fully saturated rings. The molecule has 0 aliphatic heterocycles. The van der Waals surface area contributed by atoms with Gasteiger partial charge < -0.3 is 5.32 Å². The van der Waals surface area contributed by atoms with Crippen LogP contribution in [0, 0.1) is 5.92 Å². The zero-order chi connectivity index (χ0) is 12.6. The van der Waals surface area contributed by atoms with Crippen molar-refractivity contribution in [3.63, 3.8) is 0 Å². The monoisotopic (exact) mass is 260 g/mol. The van der Waals surface area contributed by atoms with Crippen LogP contribution < -0.4 is 5.32 Å². The minimum atomic E-state index is 0.379. The third-order valence-corrected chi connectivity index (χ3v) is 5.21. The number of hydrogen-bond donors (Lipinski definition) is 1. The predicted molar refractivity (Wildman–Crippen MR) is 77.9 cm³/mol. The van der Waals surface area contributed by atoms with Crippen LogP contribution >= 0.6 is 11.3 Å². The molecule has 2 aromatic heterocycles. The molecule has 1 aliphatic carbocycles. The summed E-state index contributed by atoms with van der Waals surface area (Å²) in [4.78, 5) is 4.50. The minimum absolute atomic E-state index is 0.379. The maximum Gasteiger partial charge on any atom is 0.0809 e. The van der Waals surface area contributed by atoms with Gasteiger partial charge >= 0.3 is 0 Å². The second-order valence-electron chi connectivity index (χ2n) is 5.67. The lowest BCUT2D eigenvalue weighted by molar-refractivity contribution is 0.120. The van der Waals surface area contributed by atoms with Crippen molar-refractivity contribution < 1.29 is 0 Å². The third kappa shape index (κ3) is 2.06. The van der Waals surface area contributed by atoms with Gasteiger partial charge in [-0.25, -0.2) is 0 Å². The van der Waals surface area contributed by atoms with Crippen LogP contribution in [0.25, 0.3) is 10.2 Å². The third-order valence-electron chi connectivity index (χ3n) is 4.35. The first-order chi connectivity index (χ1) is 8.70. The molecule has 2 heterocycles. The van der Waals surface area contributed by atoms with Crippen molar-refractivity contribution >= 4 is 21.6 Å². The molecular formula is C15H20N2S. The molecule has 1 saturated carbocycles. The fraction of sp³-hybridized carbons (Fsp3) is 0.533. The Bertz CT molecular complexity index is 540. The first-order valence-corrected chi connectivity index (χ1v) is 7.65. The van der Waals surface area contributed by atoms with Crippen molar-refractivity contribution in [3.8, 4) is 0 Å². The summed E-state index contributed by atoms with van der Waals surface area (Å²) in [5, 5.41) is 5.88. The van der Waals surface area contributed by atoms with E-state index in [-0.39, 0.29) is 0 Å². The van der Waals surface area contributed by atoms with Gasteiger partial charge in [-0.05, 0) is 48.3 Å². The van der Waals surface area contributed by atoms with Crippen LogP contribution in [0.3, 0.4) is 0 Å². The van der Waals surface area contributed by atoms with E-state index in [2.05, 4.69) is 41.7 Å². The van der Waals surface area contributed by atoms with Crippen molar-refractivity contribution in [3.05, 3.63) is 29.3 Å². The summed E-state index contributed by atoms with van der Waals surface area (Å²) in [7, 11) is 0. The van der Waals surface area contributed by atoms with Gasteiger partial charge in [0.05, 0.1) is 10.2 Å². The number of pyridine rings is 1. The van der Waals surface area contributed by atoms with E-state index in [9.17, 15) is 0 Å². The van der Waals surface area contributed by atoms with E-state index in [0.29, 0.717) is 11.5 Å². The number of nitrogens with one attached hydrogen (secondary N) is 1. The lowest BCUT2D eigenvalue weighted by Gasteiger charge is -2.46. The summed E-state index contributed by atoms with van der Waals surface area (Å²) in [5.41, 5.74) is 2.80. The van der Waals surface area contributed by atoms with Crippen molar-refractivity contribution in [1.29, 1.82) is 0 Å². The summed E-state index contributed by atoms with van der Waals surface area (Å²) < 4.78 is 1.29. The van der Waals surface area contributed by atoms with Gasteiger partial charge in [-0.1, -0.05) is 13.8 Å². The van der Waals surface area contributed by atoms with Crippen LogP contribution in [-0.2, 0) is 6.54 Å². The fourth-order valence-electron chi connectivity index (χ4n) is 2.78. The molecular weight excluding hydrogens is 240 g/mol. The van der Waals surface area contributed by atoms with Gasteiger partial charge in [0.15, 0.2) is 0 Å². The Morgan fingerprint density at radius 2 is 2.28 bits per heavy atom. The Morgan fingerprint density at radius 3 is 2.94 bits per heavy atom. The molecule has 3 heteroatoms. The van der Waals surface area contributed by atoms with Crippen LogP contribution in [0.4, 0.5) is 0 Å². The Kier molecular flexibility index (Phi) is 3.12. The SMILES string of the molecule is CC(C)C1(NCc2cnc3ccsc3c2)CCC1. The number of thiophene rings is 1. The van der Waals surface area contributed by atoms with Crippen molar-refractivity contribution in [2.24, 2.45) is 5.92 Å². The Balaban J connectivity index is 1.72. The van der Waals surface area contributed by atoms with Crippen molar-refractivity contribution in [2.75, 3.05) is 0 Å². The maximum absolute atomic E-state index is 4.50. The molecule has 0 bridgehead atoms. The Hall–Kier alpha value is -0.930. The number of rotatable bonds is 4. The molecule has 0 atom stereocenters. The van der Waals surface area contributed by atoms with Gasteiger partial charge in [-0.15, -0.1) is 11.3 Å². The topological polar surface area (TPSA) is 24.9 Å². The van der Waals surface area contributed by atoms with Crippen molar-refractivity contribution in [2.45, 2.75) is 45.2 Å². The quantitative estimate of drug-likeness (QED) is 0.900. The van der Waals surface area contributed by atoms with Crippen molar-refractivity contribution in [1.82, 2.24) is 10.3 Å². The van der Waals surface area contributed by atoms with Gasteiger partial charge in [0.1, 0.15) is 0 Å². The first kappa shape index (κ1) is 12.1. The van der Waals surface area contributed by atoms with Crippen LogP contribution in [-0.4, -0.2) is 10.5 Å². The van der Waals surface area contributed by atoms with Crippen LogP contribution in [0.5, 0.6) is 0 Å². The standard InChI is InChI=1S/C15H20N2S/c1-11(2)15(5-3-6-15)17-10-12-8-14-13(16-9-12)4-7-18-14/h4,7-9,11,17H,3,5-6,10H2,1-2H3. The molecule has 0 saturated heterocycles. The number of hydrogen-bond acceptors (Lipinski definition) is 3. The second-order valence-corrected chi connectivity index (χ2v) is 6.61. The molecule has 2 aromatic rings. The number of fused-ring (bicyclic) bond motifs is 1. The first-order valence-electron chi connectivity index (χ1n) is 6.77. The smallest absolute Gasteiger partial charge is 0.0809 e. The average molecular weight is 260 g/mol. The molecule has 0 aromatic carbocycles. The molecule has 96 valence electrons. The van der Waals surface area contributed by atoms with E-state index in [1.807, 2.05) is 6.20 Å². The summed E-state index contributed by atoms with van der Waals surface area (Å²) in [6.07, 6.45) is 6.01. The van der Waals surface area contributed by atoms with Gasteiger partial charge in [0.2, 0.25) is 0 Å². The second kappa shape index (κ2) is 4.63. The van der Waals surface area contributed by atoms with Crippen LogP contribution in [0.2, 0.25) is 0 Å². The highest BCUT2D eigenvalue weighted by atomic mass is 32.1. The lowest BCUT2D eigenvalue weighted by atomic mass is 9.69. The zero-order valence-corrected chi connectivity index (χ0v) is 11.9. The van der Waals surface area contributed by atoms with E-state index in [4.69, 9.17) is 0 Å². The van der Waals surface area contributed by atoms with E-state index in [0.717, 1.165) is 12.1 Å². The zero-order valence-electron chi connectivity index (χ0n) is 11.1. The molecule has 1 aliphatic rings. The van der Waals surface area contributed by atoms with Gasteiger partial charge in [-0.2, -0.15) is 0 Å². The van der Waals surface area contributed by atoms with E-state index in [1.165, 1.54) is 29.5 Å². The highest BCUT2D eigenvalue weighted by Crippen LogP contribution is 2.38. The molecule has 0 unspecified atom stereocenters. The molecule has 2 nitrogen and oxygen atoms in total. The normalized spacial score (nSPS) is 18.2. The highest BCUT2D eigenvalue weighted by molar-refractivity contribution is 7.17. The predicted octanol–water partition coefficient (Wildman–Crippen LogP) is 3.96. The summed E-state index contributed by atoms with van der Waals surface area (Å²) >= 11 is 1.77. The summed E-state index contributed by atoms with van der Waals surface area (Å²) in [5.74, 6) is 0.713. The molecule has 0 spiro atoms. The van der Waals surface area contributed by atoms with Gasteiger partial charge in [-0.3, -0.25) is 4.98 Å². The molecule has 0 radical (unpaired) electrons. The number of nitrogens with zero attached hydrogens (tertiary/aromatic N) is 1. The molecule has 18 heavy (non-hydrogen) atoms. The summed E-state index contributed by atoms with van der Waals surface area (Å²) in [6, 6.07) is 4.35. The Morgan fingerprint density at radius 1 is 1.44 bits per heavy atom. The van der Waals surface area contributed by atoms with Gasteiger partial charge in [0, 0.05) is 18.3 Å². The largest absolute Gasteiger partial charge is 0.307 e. The summed E-state index contributed by atoms with van der Waals surface area (Å²) in [6.45, 7) is 5.60. The fourth-order valence-corrected chi connectivity index (χ4v) is 3.58. The van der Waals surface area contributed by atoms with Crippen LogP contribution in [0.15, 0.2) is 23.7 Å².